The van der Waals surface area contributed by atoms with Crippen LogP contribution in [-0.2, 0) is 6.54 Å². The molecule has 0 bridgehead atoms. The molecule has 2 aliphatic rings. The molecule has 3 nitrogen and oxygen atoms in total. The maximum Gasteiger partial charge on any atom is 0.128 e. The number of thiophene rings is 1. The second-order valence-corrected chi connectivity index (χ2v) is 7.82. The van der Waals surface area contributed by atoms with Crippen molar-refractivity contribution in [2.45, 2.75) is 19.0 Å². The Balaban J connectivity index is 1.46. The summed E-state index contributed by atoms with van der Waals surface area (Å²) in [4.78, 5) is 11.1. The van der Waals surface area contributed by atoms with Gasteiger partial charge in [0.25, 0.3) is 0 Å². The van der Waals surface area contributed by atoms with Gasteiger partial charge < -0.3 is 4.90 Å². The first-order chi connectivity index (χ1) is 10.3. The first-order valence-electron chi connectivity index (χ1n) is 7.42. The van der Waals surface area contributed by atoms with Gasteiger partial charge in [-0.2, -0.15) is 0 Å². The number of hydrogen-bond acceptors (Lipinski definition) is 4. The third-order valence-electron chi connectivity index (χ3n) is 4.62. The van der Waals surface area contributed by atoms with Crippen LogP contribution in [0.1, 0.15) is 11.3 Å². The summed E-state index contributed by atoms with van der Waals surface area (Å²) in [7, 11) is 0. The van der Waals surface area contributed by atoms with Crippen LogP contribution in [0, 0.1) is 5.92 Å². The van der Waals surface area contributed by atoms with E-state index < -0.39 is 0 Å². The van der Waals surface area contributed by atoms with Crippen LogP contribution in [0.2, 0.25) is 0 Å². The molecule has 5 heteroatoms. The number of aromatic nitrogens is 1. The number of hydrogen-bond donors (Lipinski definition) is 0. The Morgan fingerprint density at radius 2 is 2.29 bits per heavy atom. The van der Waals surface area contributed by atoms with E-state index in [1.54, 1.807) is 0 Å². The van der Waals surface area contributed by atoms with Gasteiger partial charge in [0, 0.05) is 46.6 Å². The summed E-state index contributed by atoms with van der Waals surface area (Å²) in [6.07, 6.45) is 3.21. The van der Waals surface area contributed by atoms with Gasteiger partial charge in [-0.15, -0.1) is 11.3 Å². The van der Waals surface area contributed by atoms with E-state index in [9.17, 15) is 0 Å². The van der Waals surface area contributed by atoms with E-state index in [-0.39, 0.29) is 0 Å². The average molecular weight is 364 g/mol. The standard InChI is InChI=1S/C16H18BrN3S/c17-13-7-14(21-11-13)9-19-6-4-12-8-20(10-15(12)19)16-3-1-2-5-18-16/h1-3,5,7,11-12,15H,4,6,8-10H2. The summed E-state index contributed by atoms with van der Waals surface area (Å²) in [5, 5.41) is 2.18. The molecular formula is C16H18BrN3S. The van der Waals surface area contributed by atoms with E-state index in [0.29, 0.717) is 6.04 Å². The Morgan fingerprint density at radius 1 is 1.33 bits per heavy atom. The van der Waals surface area contributed by atoms with Crippen molar-refractivity contribution in [3.05, 3.63) is 45.2 Å². The van der Waals surface area contributed by atoms with Crippen LogP contribution in [0.5, 0.6) is 0 Å². The SMILES string of the molecule is Brc1csc(CN2CCC3CN(c4ccccn4)CC32)c1. The summed E-state index contributed by atoms with van der Waals surface area (Å²) in [5.74, 6) is 1.93. The molecule has 110 valence electrons. The average Bonchev–Trinajstić information content (AvgIpc) is 3.18. The molecule has 0 radical (unpaired) electrons. The molecule has 0 spiro atoms. The van der Waals surface area contributed by atoms with E-state index in [2.05, 4.69) is 54.3 Å². The third-order valence-corrected chi connectivity index (χ3v) is 6.30. The van der Waals surface area contributed by atoms with E-state index >= 15 is 0 Å². The third kappa shape index (κ3) is 2.74. The summed E-state index contributed by atoms with van der Waals surface area (Å²) in [5.41, 5.74) is 0. The minimum Gasteiger partial charge on any atom is -0.355 e. The van der Waals surface area contributed by atoms with Gasteiger partial charge in [-0.05, 0) is 53.0 Å². The smallest absolute Gasteiger partial charge is 0.128 e. The highest BCUT2D eigenvalue weighted by Gasteiger charge is 2.41. The molecule has 0 saturated carbocycles. The topological polar surface area (TPSA) is 19.4 Å². The zero-order valence-electron chi connectivity index (χ0n) is 11.8. The van der Waals surface area contributed by atoms with Gasteiger partial charge in [-0.25, -0.2) is 4.98 Å². The maximum atomic E-state index is 4.50. The van der Waals surface area contributed by atoms with Gasteiger partial charge in [0.15, 0.2) is 0 Å². The Labute approximate surface area is 137 Å². The van der Waals surface area contributed by atoms with Crippen LogP contribution in [0.3, 0.4) is 0 Å². The summed E-state index contributed by atoms with van der Waals surface area (Å²) in [6, 6.07) is 9.14. The summed E-state index contributed by atoms with van der Waals surface area (Å²) in [6.45, 7) is 4.61. The van der Waals surface area contributed by atoms with Crippen molar-refractivity contribution in [3.8, 4) is 0 Å². The van der Waals surface area contributed by atoms with Crippen molar-refractivity contribution in [1.82, 2.24) is 9.88 Å². The fourth-order valence-corrected chi connectivity index (χ4v) is 5.09. The van der Waals surface area contributed by atoms with E-state index in [1.807, 2.05) is 23.6 Å². The maximum absolute atomic E-state index is 4.50. The lowest BCUT2D eigenvalue weighted by molar-refractivity contribution is 0.248. The van der Waals surface area contributed by atoms with Gasteiger partial charge in [-0.3, -0.25) is 4.90 Å². The van der Waals surface area contributed by atoms with Crippen LogP contribution in [0.25, 0.3) is 0 Å². The molecule has 2 aliphatic heterocycles. The molecule has 2 fully saturated rings. The molecule has 21 heavy (non-hydrogen) atoms. The van der Waals surface area contributed by atoms with Crippen molar-refractivity contribution >= 4 is 33.1 Å². The molecule has 2 unspecified atom stereocenters. The van der Waals surface area contributed by atoms with Crippen LogP contribution >= 0.6 is 27.3 Å². The largest absolute Gasteiger partial charge is 0.355 e. The minimum atomic E-state index is 0.688. The molecule has 0 amide bonds. The molecule has 2 aromatic rings. The molecule has 0 aromatic carbocycles. The lowest BCUT2D eigenvalue weighted by Gasteiger charge is -2.24. The first kappa shape index (κ1) is 13.7. The Morgan fingerprint density at radius 3 is 3.05 bits per heavy atom. The Kier molecular flexibility index (Phi) is 3.73. The number of rotatable bonds is 3. The van der Waals surface area contributed by atoms with Crippen LogP contribution in [0.4, 0.5) is 5.82 Å². The Hall–Kier alpha value is -0.910. The van der Waals surface area contributed by atoms with Gasteiger partial charge in [-0.1, -0.05) is 6.07 Å². The molecule has 4 heterocycles. The molecule has 2 saturated heterocycles. The highest BCUT2D eigenvalue weighted by molar-refractivity contribution is 9.10. The van der Waals surface area contributed by atoms with Gasteiger partial charge in [0.1, 0.15) is 5.82 Å². The molecular weight excluding hydrogens is 346 g/mol. The van der Waals surface area contributed by atoms with E-state index in [1.165, 1.54) is 22.3 Å². The summed E-state index contributed by atoms with van der Waals surface area (Å²) >= 11 is 5.41. The van der Waals surface area contributed by atoms with Gasteiger partial charge in [0.2, 0.25) is 0 Å². The molecule has 4 rings (SSSR count). The number of nitrogens with zero attached hydrogens (tertiary/aromatic N) is 3. The predicted octanol–water partition coefficient (Wildman–Crippen LogP) is 3.62. The molecule has 0 aliphatic carbocycles. The predicted molar refractivity (Wildman–Crippen MR) is 90.8 cm³/mol. The van der Waals surface area contributed by atoms with Gasteiger partial charge >= 0.3 is 0 Å². The van der Waals surface area contributed by atoms with Crippen molar-refractivity contribution in [2.24, 2.45) is 5.92 Å². The number of anilines is 1. The van der Waals surface area contributed by atoms with Crippen molar-refractivity contribution in [2.75, 3.05) is 24.5 Å². The normalized spacial score (nSPS) is 25.5. The highest BCUT2D eigenvalue weighted by atomic mass is 79.9. The van der Waals surface area contributed by atoms with Gasteiger partial charge in [0.05, 0.1) is 0 Å². The highest BCUT2D eigenvalue weighted by Crippen LogP contribution is 2.35. The number of likely N-dealkylation sites (tertiary alicyclic amines) is 1. The fourth-order valence-electron chi connectivity index (χ4n) is 3.61. The number of pyridine rings is 1. The monoisotopic (exact) mass is 363 g/mol. The number of halogens is 1. The Bertz CT molecular complexity index is 615. The van der Waals surface area contributed by atoms with Crippen molar-refractivity contribution < 1.29 is 0 Å². The minimum absolute atomic E-state index is 0.688. The first-order valence-corrected chi connectivity index (χ1v) is 9.10. The second kappa shape index (κ2) is 5.71. The molecule has 0 N–H and O–H groups in total. The lowest BCUT2D eigenvalue weighted by atomic mass is 10.1. The fraction of sp³-hybridized carbons (Fsp3) is 0.438. The lowest BCUT2D eigenvalue weighted by Crippen LogP contribution is -2.34. The second-order valence-electron chi connectivity index (χ2n) is 5.91. The number of fused-ring (bicyclic) bond motifs is 1. The molecule has 2 aromatic heterocycles. The summed E-state index contributed by atoms with van der Waals surface area (Å²) < 4.78 is 1.21. The van der Waals surface area contributed by atoms with Crippen LogP contribution in [-0.4, -0.2) is 35.6 Å². The molecule has 2 atom stereocenters. The zero-order valence-corrected chi connectivity index (χ0v) is 14.2. The quantitative estimate of drug-likeness (QED) is 0.829. The van der Waals surface area contributed by atoms with E-state index in [4.69, 9.17) is 0 Å². The van der Waals surface area contributed by atoms with Crippen molar-refractivity contribution in [1.29, 1.82) is 0 Å². The van der Waals surface area contributed by atoms with E-state index in [0.717, 1.165) is 31.4 Å². The van der Waals surface area contributed by atoms with Crippen LogP contribution in [0.15, 0.2) is 40.3 Å². The van der Waals surface area contributed by atoms with Crippen molar-refractivity contribution in [3.63, 3.8) is 0 Å². The zero-order chi connectivity index (χ0) is 14.2. The van der Waals surface area contributed by atoms with Crippen LogP contribution < -0.4 is 4.90 Å².